The minimum atomic E-state index is -0.424. The predicted octanol–water partition coefficient (Wildman–Crippen LogP) is 7.22. The van der Waals surface area contributed by atoms with Crippen molar-refractivity contribution in [2.45, 2.75) is 51.6 Å². The molecule has 57 heavy (non-hydrogen) atoms. The number of nitrogens with two attached hydrogens (primary N) is 2. The number of anilines is 2. The highest BCUT2D eigenvalue weighted by Gasteiger charge is 2.26. The highest BCUT2D eigenvalue weighted by Crippen LogP contribution is 2.28. The second-order valence-electron chi connectivity index (χ2n) is 14.0. The van der Waals surface area contributed by atoms with Gasteiger partial charge in [0.05, 0.1) is 11.4 Å². The summed E-state index contributed by atoms with van der Waals surface area (Å²) in [5, 5.41) is 6.62. The maximum absolute atomic E-state index is 13.1. The van der Waals surface area contributed by atoms with Gasteiger partial charge in [0.15, 0.2) is 11.4 Å². The summed E-state index contributed by atoms with van der Waals surface area (Å²) in [6.45, 7) is 3.79. The van der Waals surface area contributed by atoms with Gasteiger partial charge in [-0.3, -0.25) is 28.3 Å². The van der Waals surface area contributed by atoms with E-state index in [2.05, 4.69) is 20.6 Å². The number of halogens is 3. The Kier molecular flexibility index (Phi) is 11.0. The molecule has 2 aliphatic carbocycles. The maximum atomic E-state index is 13.1. The summed E-state index contributed by atoms with van der Waals surface area (Å²) < 4.78 is 16.3. The zero-order valence-corrected chi connectivity index (χ0v) is 32.4. The van der Waals surface area contributed by atoms with Crippen molar-refractivity contribution in [1.82, 2.24) is 29.7 Å². The molecule has 4 aromatic carbocycles. The molecule has 2 saturated carbocycles. The summed E-state index contributed by atoms with van der Waals surface area (Å²) in [5.74, 6) is -1.12. The van der Waals surface area contributed by atoms with E-state index in [0.29, 0.717) is 43.7 Å². The largest absolute Gasteiger partial charge is 0.383 e. The average molecular weight is 808 g/mol. The van der Waals surface area contributed by atoms with Crippen molar-refractivity contribution in [3.63, 3.8) is 0 Å². The van der Waals surface area contributed by atoms with Gasteiger partial charge in [-0.25, -0.2) is 14.4 Å². The molecule has 0 radical (unpaired) electrons. The number of hydrogen-bond acceptors (Lipinski definition) is 8. The average Bonchev–Trinajstić information content (AvgIpc) is 4.11. The molecule has 0 unspecified atom stereocenters. The van der Waals surface area contributed by atoms with Gasteiger partial charge in [-0.2, -0.15) is 0 Å². The molecule has 8 rings (SSSR count). The molecular weight excluding hydrogens is 770 g/mol. The van der Waals surface area contributed by atoms with Crippen molar-refractivity contribution in [1.29, 1.82) is 0 Å². The first-order valence-electron chi connectivity index (χ1n) is 18.1. The number of aryl methyl sites for hydroxylation is 2. The van der Waals surface area contributed by atoms with Gasteiger partial charge >= 0.3 is 0 Å². The lowest BCUT2D eigenvalue weighted by atomic mass is 10.1. The van der Waals surface area contributed by atoms with E-state index in [-0.39, 0.29) is 52.7 Å². The van der Waals surface area contributed by atoms with E-state index in [4.69, 9.17) is 34.7 Å². The molecule has 0 bridgehead atoms. The van der Waals surface area contributed by atoms with Crippen LogP contribution in [0.15, 0.2) is 91.5 Å². The summed E-state index contributed by atoms with van der Waals surface area (Å²) >= 11 is 12.0. The lowest BCUT2D eigenvalue weighted by Crippen LogP contribution is -2.25. The van der Waals surface area contributed by atoms with Crippen LogP contribution < -0.4 is 22.1 Å². The van der Waals surface area contributed by atoms with Crippen LogP contribution in [0.3, 0.4) is 0 Å². The fourth-order valence-electron chi connectivity index (χ4n) is 6.02. The molecule has 6 aromatic rings. The van der Waals surface area contributed by atoms with Gasteiger partial charge in [0.1, 0.15) is 30.1 Å². The number of nitrogen functional groups attached to an aromatic ring is 2. The number of ketones is 2. The van der Waals surface area contributed by atoms with E-state index in [9.17, 15) is 23.6 Å². The molecule has 6 N–H and O–H groups in total. The van der Waals surface area contributed by atoms with Crippen LogP contribution in [0, 0.1) is 19.7 Å². The lowest BCUT2D eigenvalue weighted by Gasteiger charge is -2.12. The molecule has 12 nitrogen and oxygen atoms in total. The van der Waals surface area contributed by atoms with Gasteiger partial charge in [0.2, 0.25) is 11.6 Å². The molecule has 2 heterocycles. The third-order valence-electron chi connectivity index (χ3n) is 9.56. The number of nitrogens with zero attached hydrogens (tertiary/aromatic N) is 4. The number of amides is 2. The van der Waals surface area contributed by atoms with Crippen molar-refractivity contribution in [3.05, 3.63) is 152 Å². The molecule has 2 fully saturated rings. The summed E-state index contributed by atoms with van der Waals surface area (Å²) in [4.78, 5) is 58.6. The fraction of sp³-hybridized carbons (Fsp3) is 0.190. The Labute approximate surface area is 337 Å². The molecular formula is C42H37Cl2FN8O4. The fourth-order valence-corrected chi connectivity index (χ4v) is 6.55. The van der Waals surface area contributed by atoms with Crippen LogP contribution in [0.2, 0.25) is 10.0 Å². The van der Waals surface area contributed by atoms with E-state index in [1.54, 1.807) is 39.5 Å². The predicted molar refractivity (Wildman–Crippen MR) is 216 cm³/mol. The van der Waals surface area contributed by atoms with Crippen molar-refractivity contribution in [3.8, 4) is 11.4 Å². The number of benzene rings is 4. The van der Waals surface area contributed by atoms with Gasteiger partial charge in [-0.15, -0.1) is 0 Å². The first-order chi connectivity index (χ1) is 27.3. The lowest BCUT2D eigenvalue weighted by molar-refractivity contribution is 0.0942. The number of imidazole rings is 2. The van der Waals surface area contributed by atoms with E-state index in [0.717, 1.165) is 36.8 Å². The van der Waals surface area contributed by atoms with Gasteiger partial charge in [0.25, 0.3) is 11.8 Å². The Hall–Kier alpha value is -6.31. The van der Waals surface area contributed by atoms with Gasteiger partial charge in [-0.05, 0) is 117 Å². The second-order valence-corrected chi connectivity index (χ2v) is 14.9. The van der Waals surface area contributed by atoms with Gasteiger partial charge in [0, 0.05) is 44.4 Å². The molecule has 2 aliphatic rings. The zero-order chi connectivity index (χ0) is 40.5. The zero-order valence-electron chi connectivity index (χ0n) is 30.9. The quantitative estimate of drug-likeness (QED) is 0.105. The molecule has 0 atom stereocenters. The van der Waals surface area contributed by atoms with Crippen LogP contribution in [0.5, 0.6) is 0 Å². The third-order valence-corrected chi connectivity index (χ3v) is 9.99. The maximum Gasteiger partial charge on any atom is 0.251 e. The first kappa shape index (κ1) is 38.9. The Morgan fingerprint density at radius 1 is 0.614 bits per heavy atom. The van der Waals surface area contributed by atoms with Gasteiger partial charge < -0.3 is 22.1 Å². The Morgan fingerprint density at radius 3 is 1.44 bits per heavy atom. The van der Waals surface area contributed by atoms with E-state index >= 15 is 0 Å². The molecule has 2 amide bonds. The molecule has 0 aliphatic heterocycles. The van der Waals surface area contributed by atoms with Crippen LogP contribution in [-0.4, -0.2) is 54.6 Å². The summed E-state index contributed by atoms with van der Waals surface area (Å²) in [7, 11) is 0. The molecule has 0 spiro atoms. The van der Waals surface area contributed by atoms with Crippen molar-refractivity contribution in [2.75, 3.05) is 11.5 Å². The van der Waals surface area contributed by atoms with E-state index in [1.165, 1.54) is 49.1 Å². The minimum Gasteiger partial charge on any atom is -0.383 e. The summed E-state index contributed by atoms with van der Waals surface area (Å²) in [6, 6.07) is 21.0. The van der Waals surface area contributed by atoms with Crippen LogP contribution in [0.4, 0.5) is 16.0 Å². The third kappa shape index (κ3) is 8.74. The number of carbonyl (C=O) groups excluding carboxylic acids is 4. The van der Waals surface area contributed by atoms with Crippen LogP contribution in [0.25, 0.3) is 11.4 Å². The van der Waals surface area contributed by atoms with E-state index in [1.807, 2.05) is 26.0 Å². The SMILES string of the molecule is Cc1ccc(C(=O)NC2CC2)cc1-n1cnc(C(=O)c2cc(Cl)cc(Cl)c2)c1N.Cc1ccc(C(=O)NC2CC2)cc1-n1cnc(C(=O)c2ccc(F)cc2)c1N. The summed E-state index contributed by atoms with van der Waals surface area (Å²) in [6.07, 6.45) is 6.97. The van der Waals surface area contributed by atoms with Crippen LogP contribution in [-0.2, 0) is 0 Å². The summed E-state index contributed by atoms with van der Waals surface area (Å²) in [5.41, 5.74) is 17.4. The Bertz CT molecular complexity index is 2540. The second kappa shape index (κ2) is 16.0. The smallest absolute Gasteiger partial charge is 0.251 e. The molecule has 2 aromatic heterocycles. The highest BCUT2D eigenvalue weighted by molar-refractivity contribution is 6.35. The van der Waals surface area contributed by atoms with Crippen molar-refractivity contribution < 1.29 is 23.6 Å². The van der Waals surface area contributed by atoms with Crippen molar-refractivity contribution in [2.24, 2.45) is 0 Å². The number of rotatable bonds is 10. The Morgan fingerprint density at radius 2 is 1.02 bits per heavy atom. The molecule has 0 saturated heterocycles. The van der Waals surface area contributed by atoms with E-state index < -0.39 is 11.6 Å². The number of aromatic nitrogens is 4. The molecule has 290 valence electrons. The normalized spacial score (nSPS) is 13.4. The van der Waals surface area contributed by atoms with Gasteiger partial charge in [-0.1, -0.05) is 35.3 Å². The van der Waals surface area contributed by atoms with Crippen molar-refractivity contribution >= 4 is 58.2 Å². The molecule has 15 heteroatoms. The monoisotopic (exact) mass is 806 g/mol. The minimum absolute atomic E-state index is 0.0823. The van der Waals surface area contributed by atoms with Crippen LogP contribution >= 0.6 is 23.2 Å². The topological polar surface area (TPSA) is 180 Å². The Balaban J connectivity index is 0.000000174. The van der Waals surface area contributed by atoms with Crippen LogP contribution in [0.1, 0.15) is 89.6 Å². The first-order valence-corrected chi connectivity index (χ1v) is 18.8. The number of nitrogens with one attached hydrogen (secondary N) is 2. The standard InChI is InChI=1S/C21H18Cl2N4O2.C21H19FN4O2/c1-11-2-3-12(21(29)26-16-4-5-16)8-17(11)27-10-25-18(20(27)24)19(28)13-6-14(22)9-15(23)7-13;1-12-2-3-14(21(28)25-16-8-9-16)10-17(12)26-11-24-18(20(26)23)19(27)13-4-6-15(22)7-5-13/h2-3,6-10,16H,4-5,24H2,1H3,(H,26,29);2-7,10-11,16H,8-9,23H2,1H3,(H,25,28). The highest BCUT2D eigenvalue weighted by atomic mass is 35.5. The number of hydrogen-bond donors (Lipinski definition) is 4. The number of carbonyl (C=O) groups is 4.